The Hall–Kier alpha value is -0.740. The van der Waals surface area contributed by atoms with Gasteiger partial charge in [0.05, 0.1) is 16.0 Å². The zero-order valence-electron chi connectivity index (χ0n) is 7.78. The van der Waals surface area contributed by atoms with Crippen molar-refractivity contribution in [2.24, 2.45) is 0 Å². The molecule has 0 fully saturated rings. The molecule has 0 saturated heterocycles. The number of benzene rings is 1. The molecule has 1 unspecified atom stereocenters. The maximum Gasteiger partial charge on any atom is 0.399 e. The van der Waals surface area contributed by atoms with E-state index in [1.807, 2.05) is 0 Å². The van der Waals surface area contributed by atoms with Crippen molar-refractivity contribution in [2.45, 2.75) is 12.1 Å². The highest BCUT2D eigenvalue weighted by Gasteiger charge is 2.39. The van der Waals surface area contributed by atoms with Crippen LogP contribution in [0.15, 0.2) is 24.8 Å². The van der Waals surface area contributed by atoms with Gasteiger partial charge in [0.15, 0.2) is 5.82 Å². The molecule has 0 aliphatic heterocycles. The quantitative estimate of drug-likeness (QED) is 0.405. The zero-order valence-corrected chi connectivity index (χ0v) is 9.30. The molecule has 88 valence electrons. The third-order valence-electron chi connectivity index (χ3n) is 1.95. The van der Waals surface area contributed by atoms with Gasteiger partial charge in [-0.05, 0) is 17.7 Å². The molecule has 0 N–H and O–H groups in total. The molecule has 1 aromatic rings. The van der Waals surface area contributed by atoms with Crippen molar-refractivity contribution in [3.05, 3.63) is 46.2 Å². The molecule has 1 atom stereocenters. The molecule has 1 aromatic carbocycles. The summed E-state index contributed by atoms with van der Waals surface area (Å²) in [5, 5.41) is -0.891. The van der Waals surface area contributed by atoms with Crippen LogP contribution in [-0.4, -0.2) is 6.18 Å². The first-order valence-corrected chi connectivity index (χ1v) is 4.86. The predicted molar refractivity (Wildman–Crippen MR) is 55.4 cm³/mol. The average molecular weight is 273 g/mol. The molecule has 0 nitrogen and oxygen atoms in total. The van der Waals surface area contributed by atoms with Crippen LogP contribution in [0.2, 0.25) is 10.0 Å². The number of allylic oxidation sites excluding steroid dienone is 1. The van der Waals surface area contributed by atoms with Crippen molar-refractivity contribution in [1.29, 1.82) is 0 Å². The molecule has 0 saturated carbocycles. The van der Waals surface area contributed by atoms with Gasteiger partial charge in [-0.15, -0.1) is 6.58 Å². The summed E-state index contributed by atoms with van der Waals surface area (Å²) in [6, 6.07) is 1.78. The average Bonchev–Trinajstić information content (AvgIpc) is 2.12. The Morgan fingerprint density at radius 2 is 1.62 bits per heavy atom. The highest BCUT2D eigenvalue weighted by molar-refractivity contribution is 6.35. The summed E-state index contributed by atoms with van der Waals surface area (Å²) in [5.74, 6) is -2.85. The van der Waals surface area contributed by atoms with Gasteiger partial charge in [-0.1, -0.05) is 29.3 Å². The minimum Gasteiger partial charge on any atom is -0.204 e. The molecule has 0 spiro atoms. The predicted octanol–water partition coefficient (Wildman–Crippen LogP) is 4.96. The molecule has 6 heteroatoms. The Labute approximate surface area is 99.5 Å². The molecule has 0 amide bonds. The summed E-state index contributed by atoms with van der Waals surface area (Å²) in [4.78, 5) is 0. The van der Waals surface area contributed by atoms with E-state index in [2.05, 4.69) is 6.58 Å². The van der Waals surface area contributed by atoms with Crippen LogP contribution in [-0.2, 0) is 0 Å². The van der Waals surface area contributed by atoms with E-state index < -0.39 is 28.0 Å². The SMILES string of the molecule is C=CC(c1cc(Cl)c(F)c(Cl)c1)C(F)(F)F. The van der Waals surface area contributed by atoms with Crippen molar-refractivity contribution in [3.63, 3.8) is 0 Å². The first-order valence-electron chi connectivity index (χ1n) is 4.11. The highest BCUT2D eigenvalue weighted by atomic mass is 35.5. The van der Waals surface area contributed by atoms with E-state index in [0.29, 0.717) is 6.08 Å². The molecule has 0 aromatic heterocycles. The van der Waals surface area contributed by atoms with Crippen molar-refractivity contribution in [3.8, 4) is 0 Å². The van der Waals surface area contributed by atoms with Gasteiger partial charge >= 0.3 is 6.18 Å². The Kier molecular flexibility index (Phi) is 3.86. The Morgan fingerprint density at radius 1 is 1.19 bits per heavy atom. The van der Waals surface area contributed by atoms with Crippen LogP contribution >= 0.6 is 23.2 Å². The Bertz CT molecular complexity index is 389. The summed E-state index contributed by atoms with van der Waals surface area (Å²) in [6.45, 7) is 3.09. The summed E-state index contributed by atoms with van der Waals surface area (Å²) < 4.78 is 50.6. The van der Waals surface area contributed by atoms with E-state index in [9.17, 15) is 17.6 Å². The van der Waals surface area contributed by atoms with E-state index in [1.54, 1.807) is 0 Å². The fourth-order valence-electron chi connectivity index (χ4n) is 1.21. The molecule has 1 rings (SSSR count). The number of hydrogen-bond donors (Lipinski definition) is 0. The van der Waals surface area contributed by atoms with Gasteiger partial charge in [0, 0.05) is 0 Å². The van der Waals surface area contributed by atoms with E-state index >= 15 is 0 Å². The maximum absolute atomic E-state index is 13.0. The third-order valence-corrected chi connectivity index (χ3v) is 2.50. The van der Waals surface area contributed by atoms with E-state index in [-0.39, 0.29) is 5.56 Å². The smallest absolute Gasteiger partial charge is 0.204 e. The fraction of sp³-hybridized carbons (Fsp3) is 0.200. The second kappa shape index (κ2) is 4.63. The lowest BCUT2D eigenvalue weighted by atomic mass is 9.99. The van der Waals surface area contributed by atoms with Crippen LogP contribution in [0.1, 0.15) is 11.5 Å². The first kappa shape index (κ1) is 13.3. The summed E-state index contributed by atoms with van der Waals surface area (Å²) >= 11 is 10.8. The monoisotopic (exact) mass is 272 g/mol. The molecule has 0 aliphatic carbocycles. The Balaban J connectivity index is 3.28. The summed E-state index contributed by atoms with van der Waals surface area (Å²) in [7, 11) is 0. The number of hydrogen-bond acceptors (Lipinski definition) is 0. The van der Waals surface area contributed by atoms with Gasteiger partial charge in [-0.2, -0.15) is 13.2 Å². The molecule has 0 radical (unpaired) electrons. The fourth-order valence-corrected chi connectivity index (χ4v) is 1.72. The number of alkyl halides is 3. The number of rotatable bonds is 2. The van der Waals surface area contributed by atoms with Crippen LogP contribution in [0.4, 0.5) is 17.6 Å². The van der Waals surface area contributed by atoms with Gasteiger partial charge < -0.3 is 0 Å². The first-order chi connectivity index (χ1) is 7.27. The zero-order chi connectivity index (χ0) is 12.5. The number of halogens is 6. The van der Waals surface area contributed by atoms with Gasteiger partial charge in [-0.25, -0.2) is 4.39 Å². The van der Waals surface area contributed by atoms with Gasteiger partial charge in [0.25, 0.3) is 0 Å². The lowest BCUT2D eigenvalue weighted by molar-refractivity contribution is -0.139. The Morgan fingerprint density at radius 3 is 1.94 bits per heavy atom. The van der Waals surface area contributed by atoms with Gasteiger partial charge in [0.2, 0.25) is 0 Å². The van der Waals surface area contributed by atoms with Crippen molar-refractivity contribution >= 4 is 23.2 Å². The minimum absolute atomic E-state index is 0.237. The summed E-state index contributed by atoms with van der Waals surface area (Å²) in [6.07, 6.45) is -3.80. The third kappa shape index (κ3) is 2.68. The lowest BCUT2D eigenvalue weighted by Crippen LogP contribution is -2.18. The van der Waals surface area contributed by atoms with Crippen molar-refractivity contribution in [1.82, 2.24) is 0 Å². The van der Waals surface area contributed by atoms with Crippen molar-refractivity contribution in [2.75, 3.05) is 0 Å². The molecule has 0 bridgehead atoms. The van der Waals surface area contributed by atoms with Crippen LogP contribution in [0.5, 0.6) is 0 Å². The standard InChI is InChI=1S/C10H6Cl2F4/c1-2-6(10(14,15)16)5-3-7(11)9(13)8(12)4-5/h2-4,6H,1H2. The molecule has 0 aliphatic rings. The molecule has 16 heavy (non-hydrogen) atoms. The second-order valence-corrected chi connectivity index (χ2v) is 3.87. The van der Waals surface area contributed by atoms with Gasteiger partial charge in [0.1, 0.15) is 0 Å². The highest BCUT2D eigenvalue weighted by Crippen LogP contribution is 2.38. The van der Waals surface area contributed by atoms with Crippen LogP contribution in [0.25, 0.3) is 0 Å². The lowest BCUT2D eigenvalue weighted by Gasteiger charge is -2.17. The summed E-state index contributed by atoms with van der Waals surface area (Å²) in [5.41, 5.74) is -0.237. The maximum atomic E-state index is 13.0. The van der Waals surface area contributed by atoms with E-state index in [0.717, 1.165) is 12.1 Å². The molecular formula is C10H6Cl2F4. The van der Waals surface area contributed by atoms with Crippen LogP contribution in [0, 0.1) is 5.82 Å². The van der Waals surface area contributed by atoms with Crippen molar-refractivity contribution < 1.29 is 17.6 Å². The van der Waals surface area contributed by atoms with E-state index in [4.69, 9.17) is 23.2 Å². The largest absolute Gasteiger partial charge is 0.399 e. The van der Waals surface area contributed by atoms with E-state index in [1.165, 1.54) is 0 Å². The normalized spacial score (nSPS) is 13.6. The van der Waals surface area contributed by atoms with Crippen LogP contribution < -0.4 is 0 Å². The molecule has 0 heterocycles. The van der Waals surface area contributed by atoms with Crippen LogP contribution in [0.3, 0.4) is 0 Å². The minimum atomic E-state index is -4.51. The second-order valence-electron chi connectivity index (χ2n) is 3.05. The topological polar surface area (TPSA) is 0 Å². The van der Waals surface area contributed by atoms with Gasteiger partial charge in [-0.3, -0.25) is 0 Å². The molecular weight excluding hydrogens is 267 g/mol.